The molecule has 2 heterocycles. The van der Waals surface area contributed by atoms with Crippen molar-refractivity contribution in [2.75, 3.05) is 10.2 Å². The Labute approximate surface area is 162 Å². The lowest BCUT2D eigenvalue weighted by Gasteiger charge is -2.20. The van der Waals surface area contributed by atoms with Gasteiger partial charge in [0.05, 0.1) is 12.2 Å². The fourth-order valence-electron chi connectivity index (χ4n) is 3.75. The highest BCUT2D eigenvalue weighted by Crippen LogP contribution is 2.37. The molecule has 0 atom stereocenters. The second-order valence-corrected chi connectivity index (χ2v) is 7.07. The Balaban J connectivity index is 1.48. The van der Waals surface area contributed by atoms with Crippen LogP contribution in [0.3, 0.4) is 0 Å². The molecule has 2 aliphatic rings. The number of aromatic nitrogens is 1. The SMILES string of the molecule is NC(=NCc1cccc(N2C(=O)NC3(CCCC3)C2=O)c1)Nc1ccccn1. The minimum Gasteiger partial charge on any atom is -0.370 e. The van der Waals surface area contributed by atoms with Gasteiger partial charge in [0.2, 0.25) is 0 Å². The van der Waals surface area contributed by atoms with Gasteiger partial charge in [-0.2, -0.15) is 0 Å². The summed E-state index contributed by atoms with van der Waals surface area (Å²) in [7, 11) is 0. The molecule has 28 heavy (non-hydrogen) atoms. The van der Waals surface area contributed by atoms with Crippen LogP contribution in [0, 0.1) is 0 Å². The van der Waals surface area contributed by atoms with Crippen LogP contribution >= 0.6 is 0 Å². The molecule has 1 aromatic heterocycles. The van der Waals surface area contributed by atoms with E-state index in [0.717, 1.165) is 18.4 Å². The second kappa shape index (κ2) is 7.30. The van der Waals surface area contributed by atoms with Crippen molar-refractivity contribution in [3.05, 3.63) is 54.2 Å². The molecule has 1 spiro atoms. The number of benzene rings is 1. The molecular formula is C20H22N6O2. The number of urea groups is 1. The van der Waals surface area contributed by atoms with Gasteiger partial charge in [0, 0.05) is 6.20 Å². The fourth-order valence-corrected chi connectivity index (χ4v) is 3.75. The number of aliphatic imine (C=N–C) groups is 1. The van der Waals surface area contributed by atoms with Crippen LogP contribution in [0.25, 0.3) is 0 Å². The van der Waals surface area contributed by atoms with Crippen molar-refractivity contribution < 1.29 is 9.59 Å². The molecule has 2 fully saturated rings. The van der Waals surface area contributed by atoms with Gasteiger partial charge in [0.25, 0.3) is 5.91 Å². The van der Waals surface area contributed by atoms with Crippen LogP contribution in [0.15, 0.2) is 53.7 Å². The molecule has 0 radical (unpaired) electrons. The number of nitrogens with zero attached hydrogens (tertiary/aromatic N) is 3. The van der Waals surface area contributed by atoms with Gasteiger partial charge in [-0.15, -0.1) is 0 Å². The molecule has 3 amide bonds. The van der Waals surface area contributed by atoms with Crippen LogP contribution in [-0.4, -0.2) is 28.4 Å². The van der Waals surface area contributed by atoms with Crippen molar-refractivity contribution in [1.82, 2.24) is 10.3 Å². The van der Waals surface area contributed by atoms with Gasteiger partial charge in [-0.25, -0.2) is 19.7 Å². The summed E-state index contributed by atoms with van der Waals surface area (Å²) in [5, 5.41) is 5.81. The van der Waals surface area contributed by atoms with Crippen LogP contribution in [0.4, 0.5) is 16.3 Å². The maximum absolute atomic E-state index is 12.9. The molecule has 144 valence electrons. The van der Waals surface area contributed by atoms with Crippen LogP contribution in [0.2, 0.25) is 0 Å². The van der Waals surface area contributed by atoms with Crippen LogP contribution in [0.1, 0.15) is 31.2 Å². The monoisotopic (exact) mass is 378 g/mol. The van der Waals surface area contributed by atoms with Crippen molar-refractivity contribution in [2.45, 2.75) is 37.8 Å². The lowest BCUT2D eigenvalue weighted by molar-refractivity contribution is -0.121. The third kappa shape index (κ3) is 3.40. The zero-order valence-electron chi connectivity index (χ0n) is 15.4. The highest BCUT2D eigenvalue weighted by atomic mass is 16.2. The van der Waals surface area contributed by atoms with E-state index in [0.29, 0.717) is 30.9 Å². The maximum Gasteiger partial charge on any atom is 0.329 e. The first-order valence-electron chi connectivity index (χ1n) is 9.31. The average molecular weight is 378 g/mol. The number of carbonyl (C=O) groups excluding carboxylic acids is 2. The number of guanidine groups is 1. The number of hydrogen-bond donors (Lipinski definition) is 3. The van der Waals surface area contributed by atoms with Gasteiger partial charge in [0.15, 0.2) is 5.96 Å². The summed E-state index contributed by atoms with van der Waals surface area (Å²) in [5.41, 5.74) is 6.58. The summed E-state index contributed by atoms with van der Waals surface area (Å²) in [5.74, 6) is 0.690. The summed E-state index contributed by atoms with van der Waals surface area (Å²) in [4.78, 5) is 35.0. The molecular weight excluding hydrogens is 356 g/mol. The Hall–Kier alpha value is -3.42. The lowest BCUT2D eigenvalue weighted by atomic mass is 9.98. The summed E-state index contributed by atoms with van der Waals surface area (Å²) in [6.45, 7) is 0.314. The smallest absolute Gasteiger partial charge is 0.329 e. The van der Waals surface area contributed by atoms with Gasteiger partial charge in [-0.1, -0.05) is 31.0 Å². The standard InChI is InChI=1S/C20H22N6O2/c21-18(24-16-8-1-4-11-22-16)23-13-14-6-5-7-15(12-14)26-17(27)20(25-19(26)28)9-2-3-10-20/h1,4-8,11-12H,2-3,9-10,13H2,(H,25,28)(H3,21,22,23,24). The number of nitrogens with two attached hydrogens (primary N) is 1. The summed E-state index contributed by atoms with van der Waals surface area (Å²) >= 11 is 0. The highest BCUT2D eigenvalue weighted by molar-refractivity contribution is 6.23. The molecule has 4 rings (SSSR count). The van der Waals surface area contributed by atoms with E-state index in [1.165, 1.54) is 4.90 Å². The Morgan fingerprint density at radius 3 is 2.79 bits per heavy atom. The molecule has 0 bridgehead atoms. The lowest BCUT2D eigenvalue weighted by Crippen LogP contribution is -2.44. The minimum absolute atomic E-state index is 0.160. The van der Waals surface area contributed by atoms with Gasteiger partial charge in [-0.3, -0.25) is 4.79 Å². The Morgan fingerprint density at radius 2 is 2.04 bits per heavy atom. The number of hydrogen-bond acceptors (Lipinski definition) is 4. The molecule has 2 aromatic rings. The predicted octanol–water partition coefficient (Wildman–Crippen LogP) is 2.38. The number of imide groups is 1. The van der Waals surface area contributed by atoms with E-state index in [1.807, 2.05) is 24.3 Å². The van der Waals surface area contributed by atoms with Crippen LogP contribution < -0.4 is 21.3 Å². The zero-order valence-corrected chi connectivity index (χ0v) is 15.4. The average Bonchev–Trinajstić information content (AvgIpc) is 3.26. The highest BCUT2D eigenvalue weighted by Gasteiger charge is 2.52. The Kier molecular flexibility index (Phi) is 4.68. The number of nitrogens with one attached hydrogen (secondary N) is 2. The molecule has 1 saturated carbocycles. The predicted molar refractivity (Wildman–Crippen MR) is 107 cm³/mol. The first kappa shape index (κ1) is 18.0. The fraction of sp³-hybridized carbons (Fsp3) is 0.300. The molecule has 8 nitrogen and oxygen atoms in total. The quantitative estimate of drug-likeness (QED) is 0.429. The summed E-state index contributed by atoms with van der Waals surface area (Å²) in [6.07, 6.45) is 4.98. The normalized spacial score (nSPS) is 18.6. The van der Waals surface area contributed by atoms with Crippen molar-refractivity contribution in [3.8, 4) is 0 Å². The molecule has 1 saturated heterocycles. The molecule has 1 aromatic carbocycles. The van der Waals surface area contributed by atoms with Gasteiger partial charge in [0.1, 0.15) is 11.4 Å². The third-order valence-electron chi connectivity index (χ3n) is 5.14. The van der Waals surface area contributed by atoms with Crippen LogP contribution in [0.5, 0.6) is 0 Å². The number of carbonyl (C=O) groups is 2. The molecule has 1 aliphatic heterocycles. The van der Waals surface area contributed by atoms with E-state index in [9.17, 15) is 9.59 Å². The van der Waals surface area contributed by atoms with Crippen molar-refractivity contribution >= 4 is 29.4 Å². The Bertz CT molecular complexity index is 921. The minimum atomic E-state index is -0.720. The Morgan fingerprint density at radius 1 is 1.21 bits per heavy atom. The zero-order chi connectivity index (χ0) is 19.6. The van der Waals surface area contributed by atoms with Crippen molar-refractivity contribution in [1.29, 1.82) is 0 Å². The topological polar surface area (TPSA) is 113 Å². The first-order valence-corrected chi connectivity index (χ1v) is 9.31. The molecule has 8 heteroatoms. The van der Waals surface area contributed by atoms with Gasteiger partial charge < -0.3 is 16.4 Å². The van der Waals surface area contributed by atoms with E-state index in [4.69, 9.17) is 5.73 Å². The maximum atomic E-state index is 12.9. The summed E-state index contributed by atoms with van der Waals surface area (Å²) in [6, 6.07) is 12.3. The molecule has 0 unspecified atom stereocenters. The van der Waals surface area contributed by atoms with E-state index < -0.39 is 5.54 Å². The van der Waals surface area contributed by atoms with Gasteiger partial charge in [-0.05, 0) is 42.7 Å². The molecule has 1 aliphatic carbocycles. The van der Waals surface area contributed by atoms with E-state index >= 15 is 0 Å². The number of rotatable bonds is 4. The van der Waals surface area contributed by atoms with E-state index in [-0.39, 0.29) is 17.9 Å². The van der Waals surface area contributed by atoms with Gasteiger partial charge >= 0.3 is 6.03 Å². The number of anilines is 2. The van der Waals surface area contributed by atoms with E-state index in [2.05, 4.69) is 20.6 Å². The second-order valence-electron chi connectivity index (χ2n) is 7.07. The van der Waals surface area contributed by atoms with Crippen molar-refractivity contribution in [2.24, 2.45) is 10.7 Å². The van der Waals surface area contributed by atoms with Crippen LogP contribution in [-0.2, 0) is 11.3 Å². The first-order chi connectivity index (χ1) is 13.6. The largest absolute Gasteiger partial charge is 0.370 e. The number of pyridine rings is 1. The summed E-state index contributed by atoms with van der Waals surface area (Å²) < 4.78 is 0. The number of amides is 3. The third-order valence-corrected chi connectivity index (χ3v) is 5.14. The van der Waals surface area contributed by atoms with E-state index in [1.54, 1.807) is 24.4 Å². The van der Waals surface area contributed by atoms with Crippen molar-refractivity contribution in [3.63, 3.8) is 0 Å². The molecule has 4 N–H and O–H groups in total.